The minimum atomic E-state index is -1.25. The van der Waals surface area contributed by atoms with Gasteiger partial charge in [0.05, 0.1) is 6.04 Å². The number of rotatable bonds is 15. The fourth-order valence-corrected chi connectivity index (χ4v) is 4.12. The fourth-order valence-electron chi connectivity index (χ4n) is 3.87. The smallest absolute Gasteiger partial charge is 0.327 e. The molecule has 0 fully saturated rings. The van der Waals surface area contributed by atoms with Gasteiger partial charge in [-0.15, -0.1) is 0 Å². The maximum absolute atomic E-state index is 13.5. The normalized spacial score (nSPS) is 14.3. The van der Waals surface area contributed by atoms with Gasteiger partial charge in [-0.3, -0.25) is 19.2 Å². The van der Waals surface area contributed by atoms with Gasteiger partial charge in [-0.1, -0.05) is 32.0 Å². The van der Waals surface area contributed by atoms with Crippen molar-refractivity contribution in [3.05, 3.63) is 36.0 Å². The quantitative estimate of drug-likeness (QED) is 0.141. The van der Waals surface area contributed by atoms with Crippen LogP contribution in [0.25, 0.3) is 10.9 Å². The average Bonchev–Trinajstić information content (AvgIpc) is 3.26. The Morgan fingerprint density at radius 3 is 2.18 bits per heavy atom. The van der Waals surface area contributed by atoms with E-state index < -0.39 is 53.8 Å². The Kier molecular flexibility index (Phi) is 11.6. The van der Waals surface area contributed by atoms with E-state index in [4.69, 9.17) is 11.5 Å². The van der Waals surface area contributed by atoms with Crippen LogP contribution in [-0.2, 0) is 30.4 Å². The number of fused-ring (bicyclic) bond motifs is 1. The first-order chi connectivity index (χ1) is 17.9. The second kappa shape index (κ2) is 14.4. The third-order valence-corrected chi connectivity index (χ3v) is 6.27. The highest BCUT2D eigenvalue weighted by atomic mass is 32.1. The van der Waals surface area contributed by atoms with Crippen LogP contribution in [0.1, 0.15) is 38.7 Å². The molecule has 4 atom stereocenters. The van der Waals surface area contributed by atoms with Gasteiger partial charge in [-0.05, 0) is 30.4 Å². The van der Waals surface area contributed by atoms with E-state index in [1.54, 1.807) is 6.20 Å². The summed E-state index contributed by atoms with van der Waals surface area (Å²) in [6, 6.07) is 2.95. The number of para-hydroxylation sites is 1. The van der Waals surface area contributed by atoms with Crippen LogP contribution in [0, 0.1) is 5.92 Å². The molecule has 0 saturated carbocycles. The van der Waals surface area contributed by atoms with Crippen molar-refractivity contribution < 1.29 is 29.1 Å². The summed E-state index contributed by atoms with van der Waals surface area (Å²) >= 11 is 3.96. The zero-order valence-electron chi connectivity index (χ0n) is 21.4. The second-order valence-electron chi connectivity index (χ2n) is 9.51. The molecule has 0 bridgehead atoms. The van der Waals surface area contributed by atoms with E-state index >= 15 is 0 Å². The first kappa shape index (κ1) is 30.6. The van der Waals surface area contributed by atoms with Crippen LogP contribution in [0.3, 0.4) is 0 Å². The van der Waals surface area contributed by atoms with Crippen LogP contribution in [0.4, 0.5) is 0 Å². The Bertz CT molecular complexity index is 1150. The monoisotopic (exact) mass is 548 g/mol. The number of hydrogen-bond donors (Lipinski definition) is 8. The molecule has 0 aliphatic carbocycles. The SMILES string of the molecule is CC(C)CC(NC(=O)C(Cc1c[nH]c2ccccc12)NC(=O)C(N)CCC(N)=O)C(=O)NC(CS)C(=O)O. The zero-order chi connectivity index (χ0) is 28.4. The second-order valence-corrected chi connectivity index (χ2v) is 9.87. The number of carbonyl (C=O) groups is 5. The summed E-state index contributed by atoms with van der Waals surface area (Å²) in [6.07, 6.45) is 1.94. The van der Waals surface area contributed by atoms with Crippen molar-refractivity contribution in [3.63, 3.8) is 0 Å². The van der Waals surface area contributed by atoms with E-state index in [0.717, 1.165) is 16.5 Å². The number of thiol groups is 1. The number of H-pyrrole nitrogens is 1. The summed E-state index contributed by atoms with van der Waals surface area (Å²) in [5.41, 5.74) is 12.6. The van der Waals surface area contributed by atoms with Crippen molar-refractivity contribution in [2.24, 2.45) is 17.4 Å². The first-order valence-electron chi connectivity index (χ1n) is 12.3. The summed E-state index contributed by atoms with van der Waals surface area (Å²) in [5, 5.41) is 17.8. The number of hydrogen-bond acceptors (Lipinski definition) is 7. The summed E-state index contributed by atoms with van der Waals surface area (Å²) in [4.78, 5) is 64.7. The number of amides is 4. The van der Waals surface area contributed by atoms with Gasteiger partial charge in [0.2, 0.25) is 23.6 Å². The van der Waals surface area contributed by atoms with Gasteiger partial charge in [0.15, 0.2) is 0 Å². The predicted octanol–water partition coefficient (Wildman–Crippen LogP) is -0.182. The molecule has 4 amide bonds. The number of nitrogens with two attached hydrogens (primary N) is 2. The van der Waals surface area contributed by atoms with Crippen molar-refractivity contribution in [3.8, 4) is 0 Å². The number of carbonyl (C=O) groups excluding carboxylic acids is 4. The Morgan fingerprint density at radius 1 is 0.974 bits per heavy atom. The molecule has 1 aromatic carbocycles. The number of nitrogens with one attached hydrogen (secondary N) is 4. The van der Waals surface area contributed by atoms with Crippen molar-refractivity contribution in [1.82, 2.24) is 20.9 Å². The summed E-state index contributed by atoms with van der Waals surface area (Å²) in [7, 11) is 0. The molecule has 0 aliphatic rings. The molecule has 0 radical (unpaired) electrons. The van der Waals surface area contributed by atoms with Gasteiger partial charge in [0.25, 0.3) is 0 Å². The predicted molar refractivity (Wildman–Crippen MR) is 145 cm³/mol. The Balaban J connectivity index is 2.29. The minimum absolute atomic E-state index is 0.00127. The molecule has 12 nitrogen and oxygen atoms in total. The van der Waals surface area contributed by atoms with E-state index in [0.29, 0.717) is 0 Å². The number of aromatic amines is 1. The van der Waals surface area contributed by atoms with Crippen molar-refractivity contribution in [2.45, 2.75) is 63.7 Å². The van der Waals surface area contributed by atoms with Crippen molar-refractivity contribution in [2.75, 3.05) is 5.75 Å². The molecule has 1 aromatic heterocycles. The lowest BCUT2D eigenvalue weighted by molar-refractivity contribution is -0.141. The number of benzene rings is 1. The lowest BCUT2D eigenvalue weighted by Gasteiger charge is -2.26. The van der Waals surface area contributed by atoms with Gasteiger partial charge in [0.1, 0.15) is 18.1 Å². The fraction of sp³-hybridized carbons (Fsp3) is 0.480. The Labute approximate surface area is 226 Å². The van der Waals surface area contributed by atoms with Crippen LogP contribution in [-0.4, -0.2) is 69.6 Å². The average molecular weight is 549 g/mol. The molecule has 0 saturated heterocycles. The molecule has 9 N–H and O–H groups in total. The molecule has 1 heterocycles. The topological polar surface area (TPSA) is 209 Å². The Hall–Kier alpha value is -3.58. The number of aromatic nitrogens is 1. The number of carboxylic acid groups (broad SMARTS) is 1. The van der Waals surface area contributed by atoms with E-state index in [-0.39, 0.29) is 37.4 Å². The highest BCUT2D eigenvalue weighted by Crippen LogP contribution is 2.19. The van der Waals surface area contributed by atoms with Gasteiger partial charge < -0.3 is 37.5 Å². The summed E-state index contributed by atoms with van der Waals surface area (Å²) in [6.45, 7) is 3.70. The maximum Gasteiger partial charge on any atom is 0.327 e. The van der Waals surface area contributed by atoms with Gasteiger partial charge in [-0.25, -0.2) is 4.79 Å². The standard InChI is InChI=1S/C25H36N6O6S/c1-13(2)9-18(23(34)31-20(12-38)25(36)37)30-24(35)19(29-22(33)16(26)7-8-21(27)32)10-14-11-28-17-6-4-3-5-15(14)17/h3-6,11,13,16,18-20,28,38H,7-10,12,26H2,1-2H3,(H2,27,32)(H,29,33)(H,30,35)(H,31,34)(H,36,37). The highest BCUT2D eigenvalue weighted by molar-refractivity contribution is 7.80. The summed E-state index contributed by atoms with van der Waals surface area (Å²) in [5.74, 6) is -3.99. The largest absolute Gasteiger partial charge is 0.480 e. The van der Waals surface area contributed by atoms with Crippen LogP contribution in [0.15, 0.2) is 30.5 Å². The van der Waals surface area contributed by atoms with Crippen LogP contribution >= 0.6 is 12.6 Å². The molecule has 0 aliphatic heterocycles. The third kappa shape index (κ3) is 9.06. The minimum Gasteiger partial charge on any atom is -0.480 e. The summed E-state index contributed by atoms with van der Waals surface area (Å²) < 4.78 is 0. The van der Waals surface area contributed by atoms with Crippen LogP contribution in [0.2, 0.25) is 0 Å². The molecule has 4 unspecified atom stereocenters. The van der Waals surface area contributed by atoms with E-state index in [9.17, 15) is 29.1 Å². The highest BCUT2D eigenvalue weighted by Gasteiger charge is 2.31. The van der Waals surface area contributed by atoms with Gasteiger partial charge >= 0.3 is 5.97 Å². The number of primary amides is 1. The Morgan fingerprint density at radius 2 is 1.58 bits per heavy atom. The molecule has 208 valence electrons. The zero-order valence-corrected chi connectivity index (χ0v) is 22.3. The van der Waals surface area contributed by atoms with Crippen molar-refractivity contribution >= 4 is 53.1 Å². The molecular weight excluding hydrogens is 512 g/mol. The molecule has 13 heteroatoms. The lowest BCUT2D eigenvalue weighted by atomic mass is 10.00. The maximum atomic E-state index is 13.5. The van der Waals surface area contributed by atoms with Crippen LogP contribution < -0.4 is 27.4 Å². The molecule has 38 heavy (non-hydrogen) atoms. The van der Waals surface area contributed by atoms with E-state index in [1.165, 1.54) is 0 Å². The lowest BCUT2D eigenvalue weighted by Crippen LogP contribution is -2.58. The van der Waals surface area contributed by atoms with Crippen molar-refractivity contribution in [1.29, 1.82) is 0 Å². The third-order valence-electron chi connectivity index (χ3n) is 5.91. The molecule has 2 rings (SSSR count). The van der Waals surface area contributed by atoms with Gasteiger partial charge in [-0.2, -0.15) is 12.6 Å². The van der Waals surface area contributed by atoms with E-state index in [2.05, 4.69) is 33.6 Å². The molecular formula is C25H36N6O6S. The number of carboxylic acids is 1. The van der Waals surface area contributed by atoms with Gasteiger partial charge in [0, 0.05) is 35.7 Å². The first-order valence-corrected chi connectivity index (χ1v) is 12.9. The molecule has 0 spiro atoms. The molecule has 2 aromatic rings. The number of aliphatic carboxylic acids is 1. The van der Waals surface area contributed by atoms with Crippen LogP contribution in [0.5, 0.6) is 0 Å². The van der Waals surface area contributed by atoms with E-state index in [1.807, 2.05) is 38.1 Å².